The van der Waals surface area contributed by atoms with Crippen LogP contribution in [0.3, 0.4) is 0 Å². The average Bonchev–Trinajstić information content (AvgIpc) is 2.63. The van der Waals surface area contributed by atoms with Gasteiger partial charge < -0.3 is 19.4 Å². The van der Waals surface area contributed by atoms with Gasteiger partial charge in [-0.05, 0) is 30.5 Å². The molecule has 0 bridgehead atoms. The maximum absolute atomic E-state index is 13.0. The van der Waals surface area contributed by atoms with Gasteiger partial charge >= 0.3 is 5.97 Å². The van der Waals surface area contributed by atoms with Crippen LogP contribution in [0.2, 0.25) is 0 Å². The molecule has 0 radical (unpaired) electrons. The maximum atomic E-state index is 13.0. The van der Waals surface area contributed by atoms with Gasteiger partial charge in [0.15, 0.2) is 0 Å². The summed E-state index contributed by atoms with van der Waals surface area (Å²) in [6.45, 7) is 1.63. The zero-order valence-electron chi connectivity index (χ0n) is 15.3. The van der Waals surface area contributed by atoms with Crippen molar-refractivity contribution in [2.45, 2.75) is 19.3 Å². The third-order valence-corrected chi connectivity index (χ3v) is 4.67. The van der Waals surface area contributed by atoms with Crippen molar-refractivity contribution in [3.8, 4) is 5.75 Å². The molecule has 3 aromatic rings. The minimum Gasteiger partial charge on any atom is -0.507 e. The Kier molecular flexibility index (Phi) is 4.85. The summed E-state index contributed by atoms with van der Waals surface area (Å²) < 4.78 is 6.21. The number of aromatic hydroxyl groups is 1. The molecular formula is C20H20N2O5. The Morgan fingerprint density at radius 3 is 2.63 bits per heavy atom. The summed E-state index contributed by atoms with van der Waals surface area (Å²) in [7, 11) is 2.86. The highest BCUT2D eigenvalue weighted by molar-refractivity contribution is 5.80. The normalized spacial score (nSPS) is 12.1. The van der Waals surface area contributed by atoms with E-state index >= 15 is 0 Å². The van der Waals surface area contributed by atoms with E-state index in [1.165, 1.54) is 17.7 Å². The maximum Gasteiger partial charge on any atom is 0.306 e. The second-order valence-corrected chi connectivity index (χ2v) is 6.44. The molecule has 2 aromatic heterocycles. The van der Waals surface area contributed by atoms with Gasteiger partial charge in [0.25, 0.3) is 11.1 Å². The molecular weight excluding hydrogens is 348 g/mol. The van der Waals surface area contributed by atoms with Crippen LogP contribution in [0.4, 0.5) is 0 Å². The van der Waals surface area contributed by atoms with Crippen molar-refractivity contribution >= 4 is 16.9 Å². The van der Waals surface area contributed by atoms with Gasteiger partial charge in [0.05, 0.1) is 24.6 Å². The lowest BCUT2D eigenvalue weighted by molar-refractivity contribution is -0.140. The van der Waals surface area contributed by atoms with E-state index in [4.69, 9.17) is 4.74 Å². The highest BCUT2D eigenvalue weighted by atomic mass is 16.5. The van der Waals surface area contributed by atoms with Crippen molar-refractivity contribution in [3.05, 3.63) is 73.9 Å². The molecule has 140 valence electrons. The summed E-state index contributed by atoms with van der Waals surface area (Å²) in [5, 5.41) is 11.2. The summed E-state index contributed by atoms with van der Waals surface area (Å²) in [6, 6.07) is 10.4. The molecule has 1 aromatic carbocycles. The first kappa shape index (κ1) is 18.4. The molecule has 0 saturated carbocycles. The van der Waals surface area contributed by atoms with Gasteiger partial charge in [0.2, 0.25) is 0 Å². The lowest BCUT2D eigenvalue weighted by Crippen LogP contribution is -2.28. The van der Waals surface area contributed by atoms with Crippen LogP contribution in [0.5, 0.6) is 5.75 Å². The first-order chi connectivity index (χ1) is 12.8. The molecule has 3 rings (SSSR count). The highest BCUT2D eigenvalue weighted by Crippen LogP contribution is 2.31. The number of esters is 1. The minimum atomic E-state index is -0.940. The predicted octanol–water partition coefficient (Wildman–Crippen LogP) is 1.94. The standard InChI is InChI=1S/C20H20N2O5/c1-11-8-16(23)18(19(25)21-11)13(10-17(24)27-3)14-9-12-6-4-5-7-15(12)22(2)20(14)26/h4-9,13H,10H2,1-3H3,(H2,21,23,25)/t13-/m1/s1. The number of hydrogen-bond donors (Lipinski definition) is 2. The number of aromatic nitrogens is 2. The molecule has 27 heavy (non-hydrogen) atoms. The van der Waals surface area contributed by atoms with E-state index in [2.05, 4.69) is 4.98 Å². The second kappa shape index (κ2) is 7.11. The number of para-hydroxylation sites is 1. The molecule has 0 saturated heterocycles. The Bertz CT molecular complexity index is 1140. The smallest absolute Gasteiger partial charge is 0.306 e. The minimum absolute atomic E-state index is 0.0293. The second-order valence-electron chi connectivity index (χ2n) is 6.44. The Balaban J connectivity index is 2.32. The average molecular weight is 368 g/mol. The van der Waals surface area contributed by atoms with Crippen LogP contribution in [-0.4, -0.2) is 27.7 Å². The third kappa shape index (κ3) is 3.36. The largest absolute Gasteiger partial charge is 0.507 e. The number of methoxy groups -OCH3 is 1. The Labute approximate surface area is 154 Å². The molecule has 0 aliphatic carbocycles. The molecule has 0 unspecified atom stereocenters. The monoisotopic (exact) mass is 368 g/mol. The van der Waals surface area contributed by atoms with Crippen LogP contribution in [0, 0.1) is 6.92 Å². The number of H-pyrrole nitrogens is 1. The summed E-state index contributed by atoms with van der Waals surface area (Å²) >= 11 is 0. The summed E-state index contributed by atoms with van der Waals surface area (Å²) in [5.74, 6) is -1.79. The number of ether oxygens (including phenoxy) is 1. The first-order valence-electron chi connectivity index (χ1n) is 8.41. The number of benzene rings is 1. The molecule has 2 heterocycles. The zero-order valence-corrected chi connectivity index (χ0v) is 15.3. The molecule has 7 heteroatoms. The third-order valence-electron chi connectivity index (χ3n) is 4.67. The number of nitrogens with zero attached hydrogens (tertiary/aromatic N) is 1. The lowest BCUT2D eigenvalue weighted by Gasteiger charge is -2.18. The number of nitrogens with one attached hydrogen (secondary N) is 1. The molecule has 0 spiro atoms. The van der Waals surface area contributed by atoms with E-state index in [-0.39, 0.29) is 28.9 Å². The number of carbonyl (C=O) groups is 1. The molecule has 2 N–H and O–H groups in total. The molecule has 0 fully saturated rings. The Morgan fingerprint density at radius 2 is 1.96 bits per heavy atom. The van der Waals surface area contributed by atoms with Gasteiger partial charge in [-0.1, -0.05) is 18.2 Å². The van der Waals surface area contributed by atoms with Crippen molar-refractivity contribution in [1.29, 1.82) is 0 Å². The van der Waals surface area contributed by atoms with E-state index in [0.717, 1.165) is 10.9 Å². The van der Waals surface area contributed by atoms with Gasteiger partial charge in [-0.25, -0.2) is 0 Å². The highest BCUT2D eigenvalue weighted by Gasteiger charge is 2.28. The molecule has 0 aliphatic rings. The summed E-state index contributed by atoms with van der Waals surface area (Å²) in [5.41, 5.74) is 0.526. The van der Waals surface area contributed by atoms with Crippen molar-refractivity contribution in [3.63, 3.8) is 0 Å². The SMILES string of the molecule is COC(=O)C[C@@H](c1c(O)cc(C)[nH]c1=O)c1cc2ccccc2n(C)c1=O. The van der Waals surface area contributed by atoms with Crippen LogP contribution in [-0.2, 0) is 16.6 Å². The van der Waals surface area contributed by atoms with Crippen molar-refractivity contribution in [2.24, 2.45) is 7.05 Å². The number of carbonyl (C=O) groups excluding carboxylic acids is 1. The fourth-order valence-corrected chi connectivity index (χ4v) is 3.33. The van der Waals surface area contributed by atoms with Crippen LogP contribution in [0.1, 0.15) is 29.2 Å². The number of fused-ring (bicyclic) bond motifs is 1. The number of hydrogen-bond acceptors (Lipinski definition) is 5. The first-order valence-corrected chi connectivity index (χ1v) is 8.41. The Morgan fingerprint density at radius 1 is 1.26 bits per heavy atom. The van der Waals surface area contributed by atoms with Gasteiger partial charge in [0, 0.05) is 24.2 Å². The van der Waals surface area contributed by atoms with Gasteiger partial charge in [-0.3, -0.25) is 14.4 Å². The molecule has 0 aliphatic heterocycles. The van der Waals surface area contributed by atoms with E-state index in [0.29, 0.717) is 5.69 Å². The predicted molar refractivity (Wildman–Crippen MR) is 101 cm³/mol. The molecule has 1 atom stereocenters. The zero-order chi connectivity index (χ0) is 19.7. The van der Waals surface area contributed by atoms with Crippen molar-refractivity contribution in [2.75, 3.05) is 7.11 Å². The van der Waals surface area contributed by atoms with Crippen LogP contribution in [0.15, 0.2) is 46.0 Å². The quantitative estimate of drug-likeness (QED) is 0.685. The molecule has 0 amide bonds. The number of aryl methyl sites for hydroxylation is 2. The Hall–Kier alpha value is -3.35. The van der Waals surface area contributed by atoms with E-state index in [9.17, 15) is 19.5 Å². The van der Waals surface area contributed by atoms with E-state index in [1.54, 1.807) is 20.0 Å². The van der Waals surface area contributed by atoms with Gasteiger partial charge in [-0.2, -0.15) is 0 Å². The van der Waals surface area contributed by atoms with Crippen LogP contribution in [0.25, 0.3) is 10.9 Å². The lowest BCUT2D eigenvalue weighted by atomic mass is 9.88. The number of pyridine rings is 2. The van der Waals surface area contributed by atoms with Crippen molar-refractivity contribution < 1.29 is 14.6 Å². The van der Waals surface area contributed by atoms with Crippen LogP contribution < -0.4 is 11.1 Å². The van der Waals surface area contributed by atoms with E-state index < -0.39 is 17.4 Å². The number of aromatic amines is 1. The fraction of sp³-hybridized carbons (Fsp3) is 0.250. The molecule has 7 nitrogen and oxygen atoms in total. The number of rotatable bonds is 4. The van der Waals surface area contributed by atoms with Gasteiger partial charge in [0.1, 0.15) is 5.75 Å². The fourth-order valence-electron chi connectivity index (χ4n) is 3.33. The topological polar surface area (TPSA) is 101 Å². The van der Waals surface area contributed by atoms with E-state index in [1.807, 2.05) is 24.3 Å². The van der Waals surface area contributed by atoms with Gasteiger partial charge in [-0.15, -0.1) is 0 Å². The van der Waals surface area contributed by atoms with Crippen LogP contribution >= 0.6 is 0 Å². The summed E-state index contributed by atoms with van der Waals surface area (Å²) in [4.78, 5) is 40.1. The van der Waals surface area contributed by atoms with Crippen molar-refractivity contribution in [1.82, 2.24) is 9.55 Å². The summed E-state index contributed by atoms with van der Waals surface area (Å²) in [6.07, 6.45) is -0.246.